The van der Waals surface area contributed by atoms with E-state index in [4.69, 9.17) is 10.8 Å². The van der Waals surface area contributed by atoms with Crippen LogP contribution in [0.1, 0.15) is 44.9 Å². The average molecular weight is 267 g/mol. The highest BCUT2D eigenvalue weighted by molar-refractivity contribution is 5.67. The lowest BCUT2D eigenvalue weighted by molar-refractivity contribution is -0.186. The quantitative estimate of drug-likeness (QED) is 0.805. The smallest absolute Gasteiger partial charge is 0.392 e. The van der Waals surface area contributed by atoms with Crippen molar-refractivity contribution < 1.29 is 23.1 Å². The minimum absolute atomic E-state index is 0.109. The number of rotatable bonds is 5. The second-order valence-corrected chi connectivity index (χ2v) is 5.13. The first-order chi connectivity index (χ1) is 8.30. The molecule has 0 heterocycles. The predicted molar refractivity (Wildman–Crippen MR) is 61.0 cm³/mol. The molecule has 106 valence electrons. The predicted octanol–water partition coefficient (Wildman–Crippen LogP) is 2.94. The summed E-state index contributed by atoms with van der Waals surface area (Å²) >= 11 is 0. The molecule has 1 fully saturated rings. The number of carbonyl (C=O) groups is 1. The Morgan fingerprint density at radius 2 is 1.83 bits per heavy atom. The second-order valence-electron chi connectivity index (χ2n) is 5.13. The zero-order valence-corrected chi connectivity index (χ0v) is 10.2. The lowest BCUT2D eigenvalue weighted by Gasteiger charge is -2.30. The maximum atomic E-state index is 12.7. The molecule has 6 heteroatoms. The molecule has 0 aromatic heterocycles. The van der Waals surface area contributed by atoms with Gasteiger partial charge >= 0.3 is 12.1 Å². The van der Waals surface area contributed by atoms with E-state index in [-0.39, 0.29) is 12.3 Å². The third-order valence-corrected chi connectivity index (χ3v) is 3.70. The van der Waals surface area contributed by atoms with E-state index in [2.05, 4.69) is 0 Å². The van der Waals surface area contributed by atoms with Crippen molar-refractivity contribution in [1.29, 1.82) is 0 Å². The molecule has 2 atom stereocenters. The van der Waals surface area contributed by atoms with Crippen LogP contribution < -0.4 is 5.73 Å². The fraction of sp³-hybridized carbons (Fsp3) is 0.917. The number of nitrogens with two attached hydrogens (primary N) is 1. The number of halogens is 3. The first-order valence-electron chi connectivity index (χ1n) is 6.34. The van der Waals surface area contributed by atoms with Gasteiger partial charge in [0.2, 0.25) is 0 Å². The second kappa shape index (κ2) is 6.41. The van der Waals surface area contributed by atoms with Crippen molar-refractivity contribution in [3.8, 4) is 0 Å². The molecule has 1 rings (SSSR count). The van der Waals surface area contributed by atoms with E-state index in [9.17, 15) is 18.0 Å². The minimum Gasteiger partial charge on any atom is -0.481 e. The monoisotopic (exact) mass is 267 g/mol. The van der Waals surface area contributed by atoms with E-state index in [1.807, 2.05) is 0 Å². The van der Waals surface area contributed by atoms with Gasteiger partial charge in [0.15, 0.2) is 0 Å². The normalized spacial score (nSPS) is 21.6. The Morgan fingerprint density at radius 3 is 2.28 bits per heavy atom. The number of hydrogen-bond acceptors (Lipinski definition) is 2. The summed E-state index contributed by atoms with van der Waals surface area (Å²) in [5.74, 6) is -3.14. The SMILES string of the molecule is N[C@@H](C[C@H](CC(=O)O)C(F)(F)F)C1CCCCC1. The fourth-order valence-corrected chi connectivity index (χ4v) is 2.63. The van der Waals surface area contributed by atoms with Gasteiger partial charge in [-0.3, -0.25) is 4.79 Å². The summed E-state index contributed by atoms with van der Waals surface area (Å²) in [6.07, 6.45) is -0.796. The number of aliphatic carboxylic acids is 1. The van der Waals surface area contributed by atoms with Crippen molar-refractivity contribution in [3.63, 3.8) is 0 Å². The molecule has 1 saturated carbocycles. The molecule has 0 aromatic carbocycles. The number of carboxylic acids is 1. The van der Waals surface area contributed by atoms with Crippen molar-refractivity contribution in [3.05, 3.63) is 0 Å². The molecule has 18 heavy (non-hydrogen) atoms. The van der Waals surface area contributed by atoms with Crippen LogP contribution in [0.5, 0.6) is 0 Å². The van der Waals surface area contributed by atoms with Crippen LogP contribution in [0.15, 0.2) is 0 Å². The minimum atomic E-state index is -4.48. The zero-order chi connectivity index (χ0) is 13.8. The Balaban J connectivity index is 2.55. The van der Waals surface area contributed by atoms with E-state index in [1.165, 1.54) is 0 Å². The number of alkyl halides is 3. The maximum Gasteiger partial charge on any atom is 0.392 e. The van der Waals surface area contributed by atoms with Crippen LogP contribution in [0.4, 0.5) is 13.2 Å². The van der Waals surface area contributed by atoms with Crippen LogP contribution >= 0.6 is 0 Å². The van der Waals surface area contributed by atoms with E-state index < -0.39 is 30.5 Å². The third-order valence-electron chi connectivity index (χ3n) is 3.70. The van der Waals surface area contributed by atoms with Gasteiger partial charge < -0.3 is 10.8 Å². The van der Waals surface area contributed by atoms with Crippen molar-refractivity contribution in [2.24, 2.45) is 17.6 Å². The molecular weight excluding hydrogens is 247 g/mol. The molecule has 0 amide bonds. The van der Waals surface area contributed by atoms with Gasteiger partial charge in [0.05, 0.1) is 12.3 Å². The van der Waals surface area contributed by atoms with Gasteiger partial charge in [-0.15, -0.1) is 0 Å². The van der Waals surface area contributed by atoms with Crippen molar-refractivity contribution >= 4 is 5.97 Å². The summed E-state index contributed by atoms with van der Waals surface area (Å²) < 4.78 is 38.1. The van der Waals surface area contributed by atoms with Crippen molar-refractivity contribution in [2.45, 2.75) is 57.2 Å². The topological polar surface area (TPSA) is 63.3 Å². The van der Waals surface area contributed by atoms with Gasteiger partial charge in [0, 0.05) is 6.04 Å². The Hall–Kier alpha value is -0.780. The molecule has 3 nitrogen and oxygen atoms in total. The number of hydrogen-bond donors (Lipinski definition) is 2. The fourth-order valence-electron chi connectivity index (χ4n) is 2.63. The van der Waals surface area contributed by atoms with E-state index in [0.717, 1.165) is 32.1 Å². The van der Waals surface area contributed by atoms with Gasteiger partial charge in [0.1, 0.15) is 0 Å². The Labute approximate surface area is 105 Å². The highest BCUT2D eigenvalue weighted by atomic mass is 19.4. The number of carboxylic acid groups (broad SMARTS) is 1. The summed E-state index contributed by atoms with van der Waals surface area (Å²) in [5.41, 5.74) is 5.83. The van der Waals surface area contributed by atoms with Crippen LogP contribution in [0.3, 0.4) is 0 Å². The van der Waals surface area contributed by atoms with E-state index in [1.54, 1.807) is 0 Å². The van der Waals surface area contributed by atoms with Gasteiger partial charge in [-0.2, -0.15) is 13.2 Å². The molecule has 0 unspecified atom stereocenters. The summed E-state index contributed by atoms with van der Waals surface area (Å²) in [7, 11) is 0. The first kappa shape index (κ1) is 15.3. The van der Waals surface area contributed by atoms with Crippen LogP contribution in [-0.2, 0) is 4.79 Å². The largest absolute Gasteiger partial charge is 0.481 e. The summed E-state index contributed by atoms with van der Waals surface area (Å²) in [4.78, 5) is 10.5. The maximum absolute atomic E-state index is 12.7. The van der Waals surface area contributed by atoms with Gasteiger partial charge in [-0.1, -0.05) is 19.3 Å². The van der Waals surface area contributed by atoms with E-state index in [0.29, 0.717) is 0 Å². The summed E-state index contributed by atoms with van der Waals surface area (Å²) in [6, 6.07) is -0.545. The Bertz CT molecular complexity index is 275. The van der Waals surface area contributed by atoms with Gasteiger partial charge in [-0.05, 0) is 25.2 Å². The molecule has 0 aromatic rings. The summed E-state index contributed by atoms with van der Waals surface area (Å²) in [6.45, 7) is 0. The summed E-state index contributed by atoms with van der Waals surface area (Å²) in [5, 5.41) is 8.53. The molecule has 1 aliphatic carbocycles. The van der Waals surface area contributed by atoms with E-state index >= 15 is 0 Å². The highest BCUT2D eigenvalue weighted by Crippen LogP contribution is 2.35. The third kappa shape index (κ3) is 4.84. The Kier molecular flexibility index (Phi) is 5.44. The molecule has 1 aliphatic rings. The van der Waals surface area contributed by atoms with Crippen LogP contribution in [0.2, 0.25) is 0 Å². The lowest BCUT2D eigenvalue weighted by Crippen LogP contribution is -2.38. The molecule has 0 saturated heterocycles. The highest BCUT2D eigenvalue weighted by Gasteiger charge is 2.42. The first-order valence-corrected chi connectivity index (χ1v) is 6.34. The standard InChI is InChI=1S/C12H20F3NO2/c13-12(14,15)9(7-11(17)18)6-10(16)8-4-2-1-3-5-8/h8-10H,1-7,16H2,(H,17,18)/t9-,10+/m1/s1. The molecular formula is C12H20F3NO2. The van der Waals surface area contributed by atoms with Gasteiger partial charge in [-0.25, -0.2) is 0 Å². The lowest BCUT2D eigenvalue weighted by atomic mass is 9.80. The van der Waals surface area contributed by atoms with Crippen LogP contribution in [0, 0.1) is 11.8 Å². The Morgan fingerprint density at radius 1 is 1.28 bits per heavy atom. The van der Waals surface area contributed by atoms with Crippen molar-refractivity contribution in [1.82, 2.24) is 0 Å². The molecule has 0 bridgehead atoms. The van der Waals surface area contributed by atoms with Crippen LogP contribution in [0.25, 0.3) is 0 Å². The van der Waals surface area contributed by atoms with Crippen LogP contribution in [-0.4, -0.2) is 23.3 Å². The zero-order valence-electron chi connectivity index (χ0n) is 10.2. The van der Waals surface area contributed by atoms with Crippen molar-refractivity contribution in [2.75, 3.05) is 0 Å². The van der Waals surface area contributed by atoms with Gasteiger partial charge in [0.25, 0.3) is 0 Å². The molecule has 0 spiro atoms. The molecule has 0 aliphatic heterocycles. The molecule has 3 N–H and O–H groups in total. The average Bonchev–Trinajstić information content (AvgIpc) is 2.27. The molecule has 0 radical (unpaired) electrons.